The van der Waals surface area contributed by atoms with Crippen molar-refractivity contribution in [2.75, 3.05) is 13.1 Å². The molecule has 0 aliphatic carbocycles. The molecule has 0 radical (unpaired) electrons. The van der Waals surface area contributed by atoms with Gasteiger partial charge in [0.2, 0.25) is 0 Å². The summed E-state index contributed by atoms with van der Waals surface area (Å²) in [6.45, 7) is 0.555. The average molecular weight is 399 g/mol. The van der Waals surface area contributed by atoms with E-state index in [9.17, 15) is 27.2 Å². The van der Waals surface area contributed by atoms with E-state index in [0.717, 1.165) is 18.2 Å². The monoisotopic (exact) mass is 399 g/mol. The molecule has 2 N–H and O–H groups in total. The maximum atomic E-state index is 14.1. The molecule has 0 saturated carbocycles. The Bertz CT molecular complexity index is 1020. The van der Waals surface area contributed by atoms with Crippen LogP contribution >= 0.6 is 0 Å². The summed E-state index contributed by atoms with van der Waals surface area (Å²) in [6.07, 6.45) is -3.93. The molecule has 4 rings (SSSR count). The second-order valence-corrected chi connectivity index (χ2v) is 7.08. The molecule has 0 bridgehead atoms. The molecule has 1 aromatic heterocycles. The molecule has 0 unspecified atom stereocenters. The first-order valence-electron chi connectivity index (χ1n) is 8.76. The second kappa shape index (κ2) is 6.56. The molecule has 3 heterocycles. The SMILES string of the molecule is O=c1[nH]c2c(c(=O)[nH]1)C1(CCN(Cc3c(F)cccc3C(F)(F)F)CC1)OC2. The number of rotatable bonds is 2. The highest BCUT2D eigenvalue weighted by atomic mass is 19.4. The number of likely N-dealkylation sites (tertiary alicyclic amines) is 1. The molecule has 2 aliphatic heterocycles. The number of fused-ring (bicyclic) bond motifs is 2. The van der Waals surface area contributed by atoms with E-state index in [0.29, 0.717) is 37.2 Å². The molecule has 28 heavy (non-hydrogen) atoms. The van der Waals surface area contributed by atoms with Crippen molar-refractivity contribution in [2.24, 2.45) is 0 Å². The summed E-state index contributed by atoms with van der Waals surface area (Å²) in [5.74, 6) is -0.897. The molecular weight excluding hydrogens is 382 g/mol. The summed E-state index contributed by atoms with van der Waals surface area (Å²) in [6, 6.07) is 2.93. The summed E-state index contributed by atoms with van der Waals surface area (Å²) >= 11 is 0. The normalized spacial score (nSPS) is 19.1. The van der Waals surface area contributed by atoms with E-state index in [1.807, 2.05) is 0 Å². The highest BCUT2D eigenvalue weighted by molar-refractivity contribution is 5.32. The maximum Gasteiger partial charge on any atom is 0.416 e. The van der Waals surface area contributed by atoms with Crippen molar-refractivity contribution < 1.29 is 22.3 Å². The molecule has 1 aromatic carbocycles. The van der Waals surface area contributed by atoms with Gasteiger partial charge in [-0.3, -0.25) is 14.7 Å². The van der Waals surface area contributed by atoms with Crippen LogP contribution in [0.5, 0.6) is 0 Å². The van der Waals surface area contributed by atoms with Crippen molar-refractivity contribution in [3.63, 3.8) is 0 Å². The molecule has 6 nitrogen and oxygen atoms in total. The van der Waals surface area contributed by atoms with Crippen LogP contribution < -0.4 is 11.2 Å². The van der Waals surface area contributed by atoms with Crippen molar-refractivity contribution in [3.8, 4) is 0 Å². The van der Waals surface area contributed by atoms with Gasteiger partial charge >= 0.3 is 11.9 Å². The number of hydrogen-bond donors (Lipinski definition) is 2. The first kappa shape index (κ1) is 18.9. The molecule has 1 saturated heterocycles. The fourth-order valence-electron chi connectivity index (χ4n) is 4.08. The fraction of sp³-hybridized carbons (Fsp3) is 0.444. The lowest BCUT2D eigenvalue weighted by atomic mass is 9.85. The molecule has 150 valence electrons. The zero-order valence-corrected chi connectivity index (χ0v) is 14.7. The summed E-state index contributed by atoms with van der Waals surface area (Å²) in [4.78, 5) is 30.1. The molecule has 2 aliphatic rings. The van der Waals surface area contributed by atoms with Crippen LogP contribution in [0.25, 0.3) is 0 Å². The lowest BCUT2D eigenvalue weighted by molar-refractivity contribution is -0.139. The van der Waals surface area contributed by atoms with E-state index in [-0.39, 0.29) is 18.7 Å². The summed E-state index contributed by atoms with van der Waals surface area (Å²) in [5, 5.41) is 0. The Morgan fingerprint density at radius 2 is 1.86 bits per heavy atom. The van der Waals surface area contributed by atoms with E-state index in [1.54, 1.807) is 4.90 Å². The number of aromatic amines is 2. The van der Waals surface area contributed by atoms with Gasteiger partial charge in [0.1, 0.15) is 11.4 Å². The van der Waals surface area contributed by atoms with Gasteiger partial charge in [-0.2, -0.15) is 13.2 Å². The van der Waals surface area contributed by atoms with E-state index >= 15 is 0 Å². The Hall–Kier alpha value is -2.46. The van der Waals surface area contributed by atoms with Crippen LogP contribution in [0.4, 0.5) is 17.6 Å². The van der Waals surface area contributed by atoms with Crippen LogP contribution in [0.3, 0.4) is 0 Å². The minimum atomic E-state index is -4.64. The molecular formula is C18H17F4N3O3. The van der Waals surface area contributed by atoms with Gasteiger partial charge in [-0.1, -0.05) is 6.07 Å². The average Bonchev–Trinajstić information content (AvgIpc) is 2.96. The minimum Gasteiger partial charge on any atom is -0.364 e. The third-order valence-electron chi connectivity index (χ3n) is 5.44. The third-order valence-corrected chi connectivity index (χ3v) is 5.44. The highest BCUT2D eigenvalue weighted by Gasteiger charge is 2.45. The Labute approximate surface area is 156 Å². The van der Waals surface area contributed by atoms with Crippen LogP contribution in [-0.2, 0) is 29.7 Å². The largest absolute Gasteiger partial charge is 0.416 e. The molecule has 10 heteroatoms. The maximum absolute atomic E-state index is 14.1. The van der Waals surface area contributed by atoms with E-state index in [4.69, 9.17) is 4.74 Å². The Kier molecular flexibility index (Phi) is 4.42. The van der Waals surface area contributed by atoms with Crippen molar-refractivity contribution >= 4 is 0 Å². The number of hydrogen-bond acceptors (Lipinski definition) is 4. The van der Waals surface area contributed by atoms with Gasteiger partial charge < -0.3 is 9.72 Å². The predicted molar refractivity (Wildman–Crippen MR) is 90.1 cm³/mol. The fourth-order valence-corrected chi connectivity index (χ4v) is 4.08. The van der Waals surface area contributed by atoms with Gasteiger partial charge in [-0.05, 0) is 25.0 Å². The van der Waals surface area contributed by atoms with Crippen LogP contribution in [0.15, 0.2) is 27.8 Å². The van der Waals surface area contributed by atoms with E-state index in [1.165, 1.54) is 0 Å². The molecule has 1 fully saturated rings. The van der Waals surface area contributed by atoms with Crippen molar-refractivity contribution in [1.82, 2.24) is 14.9 Å². The standard InChI is InChI=1S/C18H17F4N3O3/c19-12-3-1-2-11(18(20,21)22)10(12)8-25-6-4-17(5-7-25)14-13(9-28-17)23-16(27)24-15(14)26/h1-3H,4-9H2,(H2,23,24,26,27). The van der Waals surface area contributed by atoms with Crippen LogP contribution in [-0.4, -0.2) is 28.0 Å². The second-order valence-electron chi connectivity index (χ2n) is 7.08. The number of nitrogens with zero attached hydrogens (tertiary/aromatic N) is 1. The first-order chi connectivity index (χ1) is 13.2. The third kappa shape index (κ3) is 3.16. The van der Waals surface area contributed by atoms with Crippen molar-refractivity contribution in [2.45, 2.75) is 37.8 Å². The molecule has 1 spiro atoms. The van der Waals surface area contributed by atoms with E-state index in [2.05, 4.69) is 9.97 Å². The number of halogens is 4. The lowest BCUT2D eigenvalue weighted by Crippen LogP contribution is -2.45. The summed E-state index contributed by atoms with van der Waals surface area (Å²) < 4.78 is 59.5. The predicted octanol–water partition coefficient (Wildman–Crippen LogP) is 2.24. The smallest absolute Gasteiger partial charge is 0.364 e. The van der Waals surface area contributed by atoms with Gasteiger partial charge in [0.15, 0.2) is 0 Å². The Balaban J connectivity index is 1.55. The van der Waals surface area contributed by atoms with Gasteiger partial charge in [0, 0.05) is 25.2 Å². The number of ether oxygens (including phenoxy) is 1. The molecule has 2 aromatic rings. The molecule has 0 atom stereocenters. The summed E-state index contributed by atoms with van der Waals surface area (Å²) in [5.41, 5.74) is -2.58. The van der Waals surface area contributed by atoms with Crippen LogP contribution in [0.2, 0.25) is 0 Å². The highest BCUT2D eigenvalue weighted by Crippen LogP contribution is 2.42. The van der Waals surface area contributed by atoms with Crippen LogP contribution in [0, 0.1) is 5.82 Å². The zero-order chi connectivity index (χ0) is 20.1. The Morgan fingerprint density at radius 1 is 1.14 bits per heavy atom. The Morgan fingerprint density at radius 3 is 2.54 bits per heavy atom. The lowest BCUT2D eigenvalue weighted by Gasteiger charge is -2.38. The quantitative estimate of drug-likeness (QED) is 0.760. The zero-order valence-electron chi connectivity index (χ0n) is 14.7. The topological polar surface area (TPSA) is 78.2 Å². The van der Waals surface area contributed by atoms with Gasteiger partial charge in [0.25, 0.3) is 5.56 Å². The number of nitrogens with one attached hydrogen (secondary N) is 2. The number of aromatic nitrogens is 2. The number of benzene rings is 1. The van der Waals surface area contributed by atoms with Crippen LogP contribution in [0.1, 0.15) is 35.2 Å². The number of H-pyrrole nitrogens is 2. The summed E-state index contributed by atoms with van der Waals surface area (Å²) in [7, 11) is 0. The number of piperidine rings is 1. The minimum absolute atomic E-state index is 0.0973. The van der Waals surface area contributed by atoms with E-state index < -0.39 is 34.4 Å². The van der Waals surface area contributed by atoms with Gasteiger partial charge in [0.05, 0.1) is 23.4 Å². The molecule has 0 amide bonds. The van der Waals surface area contributed by atoms with Crippen molar-refractivity contribution in [1.29, 1.82) is 0 Å². The number of alkyl halides is 3. The van der Waals surface area contributed by atoms with Gasteiger partial charge in [-0.25, -0.2) is 9.18 Å². The van der Waals surface area contributed by atoms with Crippen molar-refractivity contribution in [3.05, 3.63) is 67.2 Å². The first-order valence-corrected chi connectivity index (χ1v) is 8.76. The van der Waals surface area contributed by atoms with Gasteiger partial charge in [-0.15, -0.1) is 0 Å².